The van der Waals surface area contributed by atoms with Crippen molar-refractivity contribution < 1.29 is 8.42 Å². The normalized spacial score (nSPS) is 25.2. The molecule has 96 valence electrons. The van der Waals surface area contributed by atoms with E-state index in [1.807, 2.05) is 0 Å². The maximum Gasteiger partial charge on any atom is 0.217 e. The van der Waals surface area contributed by atoms with Crippen molar-refractivity contribution in [2.75, 3.05) is 39.6 Å². The van der Waals surface area contributed by atoms with Gasteiger partial charge in [-0.2, -0.15) is 0 Å². The van der Waals surface area contributed by atoms with Crippen molar-refractivity contribution in [1.82, 2.24) is 9.21 Å². The first-order valence-electron chi connectivity index (χ1n) is 5.57. The lowest BCUT2D eigenvalue weighted by Gasteiger charge is -2.23. The topological polar surface area (TPSA) is 40.6 Å². The Labute approximate surface area is 104 Å². The third-order valence-electron chi connectivity index (χ3n) is 3.16. The van der Waals surface area contributed by atoms with Crippen molar-refractivity contribution in [3.8, 4) is 0 Å². The predicted molar refractivity (Wildman–Crippen MR) is 67.3 cm³/mol. The van der Waals surface area contributed by atoms with Gasteiger partial charge in [-0.1, -0.05) is 0 Å². The molecule has 1 fully saturated rings. The fourth-order valence-electron chi connectivity index (χ4n) is 2.03. The van der Waals surface area contributed by atoms with Gasteiger partial charge in [-0.25, -0.2) is 12.7 Å². The Balaban J connectivity index is 2.55. The average Bonchev–Trinajstić information content (AvgIpc) is 2.62. The van der Waals surface area contributed by atoms with E-state index in [2.05, 4.69) is 11.9 Å². The maximum absolute atomic E-state index is 12.0. The Kier molecular flexibility index (Phi) is 5.04. The summed E-state index contributed by atoms with van der Waals surface area (Å²) in [4.78, 5) is 2.23. The number of halogens is 1. The Morgan fingerprint density at radius 2 is 2.19 bits per heavy atom. The second kappa shape index (κ2) is 5.67. The van der Waals surface area contributed by atoms with Crippen LogP contribution in [0.2, 0.25) is 0 Å². The number of sulfonamides is 1. The molecule has 0 aromatic carbocycles. The van der Waals surface area contributed by atoms with Crippen LogP contribution in [-0.2, 0) is 10.0 Å². The highest BCUT2D eigenvalue weighted by molar-refractivity contribution is 7.89. The van der Waals surface area contributed by atoms with E-state index in [0.29, 0.717) is 12.5 Å². The van der Waals surface area contributed by atoms with Gasteiger partial charge in [0.15, 0.2) is 0 Å². The maximum atomic E-state index is 12.0. The van der Waals surface area contributed by atoms with Crippen molar-refractivity contribution in [3.63, 3.8) is 0 Å². The van der Waals surface area contributed by atoms with Crippen LogP contribution in [0.15, 0.2) is 0 Å². The van der Waals surface area contributed by atoms with Gasteiger partial charge in [0.25, 0.3) is 0 Å². The van der Waals surface area contributed by atoms with Crippen LogP contribution in [0.1, 0.15) is 13.3 Å². The van der Waals surface area contributed by atoms with Crippen LogP contribution >= 0.6 is 11.6 Å². The summed E-state index contributed by atoms with van der Waals surface area (Å²) in [6.45, 7) is 4.30. The largest absolute Gasteiger partial charge is 0.306 e. The molecule has 1 heterocycles. The van der Waals surface area contributed by atoms with Crippen molar-refractivity contribution in [2.45, 2.75) is 18.6 Å². The van der Waals surface area contributed by atoms with Crippen molar-refractivity contribution in [2.24, 2.45) is 5.92 Å². The molecule has 0 N–H and O–H groups in total. The molecule has 0 aromatic rings. The highest BCUT2D eigenvalue weighted by Crippen LogP contribution is 2.18. The summed E-state index contributed by atoms with van der Waals surface area (Å²) in [6.07, 6.45) is 1.08. The van der Waals surface area contributed by atoms with E-state index in [0.717, 1.165) is 19.5 Å². The van der Waals surface area contributed by atoms with E-state index in [4.69, 9.17) is 11.6 Å². The van der Waals surface area contributed by atoms with Gasteiger partial charge in [0, 0.05) is 26.0 Å². The Bertz CT molecular complexity index is 321. The Morgan fingerprint density at radius 3 is 2.62 bits per heavy atom. The van der Waals surface area contributed by atoms with E-state index >= 15 is 0 Å². The lowest BCUT2D eigenvalue weighted by Crippen LogP contribution is -2.38. The second-order valence-electron chi connectivity index (χ2n) is 4.71. The molecular weight excluding hydrogens is 248 g/mol. The van der Waals surface area contributed by atoms with Crippen molar-refractivity contribution in [3.05, 3.63) is 0 Å². The first-order valence-corrected chi connectivity index (χ1v) is 7.61. The number of rotatable bonds is 5. The minimum Gasteiger partial charge on any atom is -0.306 e. The molecule has 0 bridgehead atoms. The quantitative estimate of drug-likeness (QED) is 0.694. The first kappa shape index (κ1) is 14.2. The van der Waals surface area contributed by atoms with E-state index in [1.54, 1.807) is 14.0 Å². The number of hydrogen-bond acceptors (Lipinski definition) is 3. The van der Waals surface area contributed by atoms with Crippen LogP contribution in [0.3, 0.4) is 0 Å². The van der Waals surface area contributed by atoms with Crippen LogP contribution in [0.4, 0.5) is 0 Å². The van der Waals surface area contributed by atoms with Gasteiger partial charge in [-0.15, -0.1) is 11.6 Å². The van der Waals surface area contributed by atoms with Crippen molar-refractivity contribution >= 4 is 21.6 Å². The van der Waals surface area contributed by atoms with Crippen LogP contribution < -0.4 is 0 Å². The molecule has 1 rings (SSSR count). The predicted octanol–water partition coefficient (Wildman–Crippen LogP) is 0.827. The molecule has 2 atom stereocenters. The molecule has 1 aliphatic heterocycles. The van der Waals surface area contributed by atoms with Crippen molar-refractivity contribution in [1.29, 1.82) is 0 Å². The molecule has 0 aliphatic carbocycles. The molecule has 0 amide bonds. The molecule has 0 saturated carbocycles. The van der Waals surface area contributed by atoms with E-state index in [-0.39, 0.29) is 5.88 Å². The van der Waals surface area contributed by atoms with Gasteiger partial charge in [0.1, 0.15) is 0 Å². The molecule has 0 spiro atoms. The Morgan fingerprint density at radius 1 is 1.56 bits per heavy atom. The zero-order valence-corrected chi connectivity index (χ0v) is 11.8. The van der Waals surface area contributed by atoms with Gasteiger partial charge < -0.3 is 4.90 Å². The molecular formula is C10H21ClN2O2S. The van der Waals surface area contributed by atoms with Gasteiger partial charge in [-0.05, 0) is 32.9 Å². The van der Waals surface area contributed by atoms with Crippen LogP contribution in [0.25, 0.3) is 0 Å². The summed E-state index contributed by atoms with van der Waals surface area (Å²) in [6, 6.07) is 0. The summed E-state index contributed by atoms with van der Waals surface area (Å²) in [5, 5.41) is -0.502. The molecule has 2 unspecified atom stereocenters. The minimum atomic E-state index is -3.21. The SMILES string of the molecule is CC(CCl)S(=O)(=O)N(C)CC1CCN(C)C1. The zero-order valence-electron chi connectivity index (χ0n) is 10.2. The monoisotopic (exact) mass is 268 g/mol. The standard InChI is InChI=1S/C10H21ClN2O2S/c1-9(6-11)16(14,15)13(3)8-10-4-5-12(2)7-10/h9-10H,4-8H2,1-3H3. The molecule has 1 aliphatic rings. The van der Waals surface area contributed by atoms with Crippen LogP contribution in [0, 0.1) is 5.92 Å². The fraction of sp³-hybridized carbons (Fsp3) is 1.00. The van der Waals surface area contributed by atoms with E-state index in [9.17, 15) is 8.42 Å². The molecule has 16 heavy (non-hydrogen) atoms. The fourth-order valence-corrected chi connectivity index (χ4v) is 3.70. The summed E-state index contributed by atoms with van der Waals surface area (Å²) >= 11 is 5.61. The van der Waals surface area contributed by atoms with Gasteiger partial charge in [-0.3, -0.25) is 0 Å². The first-order chi connectivity index (χ1) is 7.37. The number of nitrogens with zero attached hydrogens (tertiary/aromatic N) is 2. The lowest BCUT2D eigenvalue weighted by atomic mass is 10.1. The third kappa shape index (κ3) is 3.32. The summed E-state index contributed by atoms with van der Waals surface area (Å²) < 4.78 is 25.4. The minimum absolute atomic E-state index is 0.150. The van der Waals surface area contributed by atoms with Gasteiger partial charge >= 0.3 is 0 Å². The number of alkyl halides is 1. The highest BCUT2D eigenvalue weighted by atomic mass is 35.5. The summed E-state index contributed by atoms with van der Waals surface area (Å²) in [5.74, 6) is 0.601. The molecule has 0 radical (unpaired) electrons. The molecule has 0 aromatic heterocycles. The third-order valence-corrected chi connectivity index (χ3v) is 6.01. The highest BCUT2D eigenvalue weighted by Gasteiger charge is 2.29. The zero-order chi connectivity index (χ0) is 12.3. The average molecular weight is 269 g/mol. The molecule has 1 saturated heterocycles. The lowest BCUT2D eigenvalue weighted by molar-refractivity contribution is 0.355. The summed E-state index contributed by atoms with van der Waals surface area (Å²) in [7, 11) is 0.504. The Hall–Kier alpha value is 0.160. The van der Waals surface area contributed by atoms with Gasteiger partial charge in [0.05, 0.1) is 5.25 Å². The molecule has 4 nitrogen and oxygen atoms in total. The second-order valence-corrected chi connectivity index (χ2v) is 7.47. The summed E-state index contributed by atoms with van der Waals surface area (Å²) in [5.41, 5.74) is 0. The number of likely N-dealkylation sites (tertiary alicyclic amines) is 1. The molecule has 6 heteroatoms. The van der Waals surface area contributed by atoms with Crippen LogP contribution in [0.5, 0.6) is 0 Å². The number of hydrogen-bond donors (Lipinski definition) is 0. The van der Waals surface area contributed by atoms with E-state index < -0.39 is 15.3 Å². The van der Waals surface area contributed by atoms with E-state index in [1.165, 1.54) is 4.31 Å². The smallest absolute Gasteiger partial charge is 0.217 e. The van der Waals surface area contributed by atoms with Crippen LogP contribution in [-0.4, -0.2) is 62.5 Å². The van der Waals surface area contributed by atoms with Gasteiger partial charge in [0.2, 0.25) is 10.0 Å².